The Labute approximate surface area is 134 Å². The van der Waals surface area contributed by atoms with Gasteiger partial charge in [-0.2, -0.15) is 0 Å². The number of carbonyl (C=O) groups excluding carboxylic acids is 2. The highest BCUT2D eigenvalue weighted by molar-refractivity contribution is 14.1. The molecule has 0 fully saturated rings. The summed E-state index contributed by atoms with van der Waals surface area (Å²) in [7, 11) is 0. The normalized spacial score (nSPS) is 13.6. The summed E-state index contributed by atoms with van der Waals surface area (Å²) in [5.41, 5.74) is 1.61. The molecule has 5 nitrogen and oxygen atoms in total. The van der Waals surface area contributed by atoms with E-state index in [-0.39, 0.29) is 24.1 Å². The lowest BCUT2D eigenvalue weighted by molar-refractivity contribution is -0.115. The summed E-state index contributed by atoms with van der Waals surface area (Å²) in [5.74, 6) is -0.503. The maximum absolute atomic E-state index is 12.6. The van der Waals surface area contributed by atoms with Crippen molar-refractivity contribution >= 4 is 45.8 Å². The minimum Gasteiger partial charge on any atom is -0.507 e. The Hall–Kier alpha value is -2.09. The number of nitrogens with zero attached hydrogens (tertiary/aromatic N) is 1. The molecule has 6 heteroatoms. The first kappa shape index (κ1) is 13.9. The van der Waals surface area contributed by atoms with Gasteiger partial charge in [0.25, 0.3) is 5.91 Å². The van der Waals surface area contributed by atoms with E-state index in [9.17, 15) is 14.7 Å². The fraction of sp³-hybridized carbons (Fsp3) is 0.0667. The summed E-state index contributed by atoms with van der Waals surface area (Å²) in [6.45, 7) is -0.0391. The molecule has 1 aliphatic rings. The number of anilines is 2. The van der Waals surface area contributed by atoms with Crippen molar-refractivity contribution in [2.24, 2.45) is 0 Å². The van der Waals surface area contributed by atoms with Gasteiger partial charge in [-0.15, -0.1) is 0 Å². The van der Waals surface area contributed by atoms with E-state index in [1.807, 2.05) is 28.7 Å². The third kappa shape index (κ3) is 2.58. The Morgan fingerprint density at radius 3 is 2.76 bits per heavy atom. The van der Waals surface area contributed by atoms with Gasteiger partial charge in [0.2, 0.25) is 5.91 Å². The van der Waals surface area contributed by atoms with Crippen molar-refractivity contribution in [1.82, 2.24) is 0 Å². The van der Waals surface area contributed by atoms with Crippen LogP contribution in [0, 0.1) is 3.57 Å². The quantitative estimate of drug-likeness (QED) is 0.731. The van der Waals surface area contributed by atoms with Gasteiger partial charge in [0.05, 0.1) is 14.9 Å². The SMILES string of the molecule is O=C1CN(C(=O)c2ccc(I)c(O)c2)c2ccccc2N1. The molecule has 106 valence electrons. The molecule has 0 saturated carbocycles. The molecule has 1 heterocycles. The second kappa shape index (κ2) is 5.36. The second-order valence-electron chi connectivity index (χ2n) is 4.62. The topological polar surface area (TPSA) is 69.6 Å². The molecule has 0 spiro atoms. The number of carbonyl (C=O) groups is 2. The number of amides is 2. The number of phenols is 1. The Morgan fingerprint density at radius 2 is 2.00 bits per heavy atom. The maximum Gasteiger partial charge on any atom is 0.258 e. The molecule has 3 rings (SSSR count). The molecule has 0 atom stereocenters. The molecule has 2 aromatic carbocycles. The average molecular weight is 394 g/mol. The summed E-state index contributed by atoms with van der Waals surface area (Å²) in [6, 6.07) is 11.8. The van der Waals surface area contributed by atoms with Crippen LogP contribution in [-0.2, 0) is 4.79 Å². The zero-order chi connectivity index (χ0) is 15.0. The Bertz CT molecular complexity index is 745. The fourth-order valence-electron chi connectivity index (χ4n) is 2.22. The first-order chi connectivity index (χ1) is 10.1. The standard InChI is InChI=1S/C15H11IN2O3/c16-10-6-5-9(7-13(10)19)15(21)18-8-14(20)17-11-3-1-2-4-12(11)18/h1-7,19H,8H2,(H,17,20). The molecule has 0 unspecified atom stereocenters. The lowest BCUT2D eigenvalue weighted by Gasteiger charge is -2.29. The van der Waals surface area contributed by atoms with Crippen molar-refractivity contribution in [3.63, 3.8) is 0 Å². The van der Waals surface area contributed by atoms with Crippen LogP contribution < -0.4 is 10.2 Å². The van der Waals surface area contributed by atoms with Gasteiger partial charge in [-0.25, -0.2) is 0 Å². The number of rotatable bonds is 1. The van der Waals surface area contributed by atoms with E-state index < -0.39 is 0 Å². The molecule has 0 radical (unpaired) electrons. The molecule has 1 aliphatic heterocycles. The number of phenolic OH excluding ortho intramolecular Hbond substituents is 1. The van der Waals surface area contributed by atoms with Crippen LogP contribution in [-0.4, -0.2) is 23.5 Å². The van der Waals surface area contributed by atoms with Crippen molar-refractivity contribution in [3.05, 3.63) is 51.6 Å². The van der Waals surface area contributed by atoms with Crippen LogP contribution in [0.5, 0.6) is 5.75 Å². The van der Waals surface area contributed by atoms with Crippen LogP contribution in [0.15, 0.2) is 42.5 Å². The fourth-order valence-corrected chi connectivity index (χ4v) is 2.55. The minimum absolute atomic E-state index is 0.0391. The van der Waals surface area contributed by atoms with Gasteiger partial charge in [0.1, 0.15) is 12.3 Å². The summed E-state index contributed by atoms with van der Waals surface area (Å²) >= 11 is 1.98. The van der Waals surface area contributed by atoms with Crippen LogP contribution in [0.4, 0.5) is 11.4 Å². The van der Waals surface area contributed by atoms with Gasteiger partial charge < -0.3 is 10.4 Å². The number of fused-ring (bicyclic) bond motifs is 1. The number of para-hydroxylation sites is 2. The molecule has 0 aliphatic carbocycles. The van der Waals surface area contributed by atoms with Gasteiger partial charge in [-0.1, -0.05) is 12.1 Å². The number of halogens is 1. The van der Waals surface area contributed by atoms with Crippen molar-refractivity contribution in [3.8, 4) is 5.75 Å². The van der Waals surface area contributed by atoms with Crippen LogP contribution in [0.1, 0.15) is 10.4 Å². The largest absolute Gasteiger partial charge is 0.507 e. The summed E-state index contributed by atoms with van der Waals surface area (Å²) in [6.07, 6.45) is 0. The van der Waals surface area contributed by atoms with E-state index in [0.29, 0.717) is 20.5 Å². The number of hydrogen-bond acceptors (Lipinski definition) is 3. The molecule has 21 heavy (non-hydrogen) atoms. The van der Waals surface area contributed by atoms with Crippen LogP contribution in [0.25, 0.3) is 0 Å². The Kier molecular flexibility index (Phi) is 3.54. The highest BCUT2D eigenvalue weighted by Crippen LogP contribution is 2.30. The van der Waals surface area contributed by atoms with Gasteiger partial charge in [0, 0.05) is 5.56 Å². The third-order valence-corrected chi connectivity index (χ3v) is 4.12. The maximum atomic E-state index is 12.6. The zero-order valence-electron chi connectivity index (χ0n) is 10.8. The van der Waals surface area contributed by atoms with Crippen LogP contribution >= 0.6 is 22.6 Å². The van der Waals surface area contributed by atoms with E-state index in [1.54, 1.807) is 30.3 Å². The summed E-state index contributed by atoms with van der Waals surface area (Å²) < 4.78 is 0.668. The summed E-state index contributed by atoms with van der Waals surface area (Å²) in [5, 5.41) is 12.5. The van der Waals surface area contributed by atoms with E-state index in [2.05, 4.69) is 5.32 Å². The first-order valence-electron chi connectivity index (χ1n) is 6.25. The monoisotopic (exact) mass is 394 g/mol. The van der Waals surface area contributed by atoms with E-state index in [4.69, 9.17) is 0 Å². The van der Waals surface area contributed by atoms with Crippen molar-refractivity contribution in [2.45, 2.75) is 0 Å². The summed E-state index contributed by atoms with van der Waals surface area (Å²) in [4.78, 5) is 25.8. The average Bonchev–Trinajstić information content (AvgIpc) is 2.48. The lowest BCUT2D eigenvalue weighted by atomic mass is 10.1. The predicted octanol–water partition coefficient (Wildman–Crippen LogP) is 2.60. The predicted molar refractivity (Wildman–Crippen MR) is 87.6 cm³/mol. The van der Waals surface area contributed by atoms with E-state index in [0.717, 1.165) is 0 Å². The number of hydrogen-bond donors (Lipinski definition) is 2. The molecule has 2 amide bonds. The number of nitrogens with one attached hydrogen (secondary N) is 1. The molecular formula is C15H11IN2O3. The second-order valence-corrected chi connectivity index (χ2v) is 5.79. The Balaban J connectivity index is 2.01. The highest BCUT2D eigenvalue weighted by Gasteiger charge is 2.27. The molecule has 0 saturated heterocycles. The van der Waals surface area contributed by atoms with Crippen molar-refractivity contribution in [1.29, 1.82) is 0 Å². The molecular weight excluding hydrogens is 383 g/mol. The van der Waals surface area contributed by atoms with Gasteiger partial charge in [-0.05, 0) is 52.9 Å². The first-order valence-corrected chi connectivity index (χ1v) is 7.33. The highest BCUT2D eigenvalue weighted by atomic mass is 127. The lowest BCUT2D eigenvalue weighted by Crippen LogP contribution is -2.42. The molecule has 0 aromatic heterocycles. The molecule has 2 N–H and O–H groups in total. The van der Waals surface area contributed by atoms with Crippen LogP contribution in [0.3, 0.4) is 0 Å². The van der Waals surface area contributed by atoms with E-state index >= 15 is 0 Å². The molecule has 2 aromatic rings. The number of benzene rings is 2. The van der Waals surface area contributed by atoms with Gasteiger partial charge in [0.15, 0.2) is 0 Å². The van der Waals surface area contributed by atoms with Crippen molar-refractivity contribution in [2.75, 3.05) is 16.8 Å². The van der Waals surface area contributed by atoms with E-state index in [1.165, 1.54) is 11.0 Å². The van der Waals surface area contributed by atoms with Gasteiger partial charge >= 0.3 is 0 Å². The number of aromatic hydroxyl groups is 1. The van der Waals surface area contributed by atoms with Crippen molar-refractivity contribution < 1.29 is 14.7 Å². The van der Waals surface area contributed by atoms with Gasteiger partial charge in [-0.3, -0.25) is 14.5 Å². The zero-order valence-corrected chi connectivity index (χ0v) is 13.0. The Morgan fingerprint density at radius 1 is 1.24 bits per heavy atom. The third-order valence-electron chi connectivity index (χ3n) is 3.21. The molecule has 0 bridgehead atoms. The minimum atomic E-state index is -0.316. The smallest absolute Gasteiger partial charge is 0.258 e. The van der Waals surface area contributed by atoms with Crippen LogP contribution in [0.2, 0.25) is 0 Å².